The minimum Gasteiger partial charge on any atom is -0.317 e. The van der Waals surface area contributed by atoms with Crippen LogP contribution in [0.1, 0.15) is 32.6 Å². The van der Waals surface area contributed by atoms with Gasteiger partial charge in [-0.3, -0.25) is 4.90 Å². The maximum absolute atomic E-state index is 11.4. The molecule has 5 heteroatoms. The fraction of sp³-hybridized carbons (Fsp3) is 1.00. The highest BCUT2D eigenvalue weighted by atomic mass is 32.2. The van der Waals surface area contributed by atoms with Crippen molar-refractivity contribution in [3.8, 4) is 0 Å². The van der Waals surface area contributed by atoms with Crippen LogP contribution in [0.2, 0.25) is 0 Å². The summed E-state index contributed by atoms with van der Waals surface area (Å²) in [6.45, 7) is 6.45. The highest BCUT2D eigenvalue weighted by molar-refractivity contribution is 7.90. The number of nitrogens with zero attached hydrogens (tertiary/aromatic N) is 1. The molecular weight excluding hydrogens is 248 g/mol. The summed E-state index contributed by atoms with van der Waals surface area (Å²) in [5, 5.41) is 3.42. The third-order valence-electron chi connectivity index (χ3n) is 4.52. The first-order chi connectivity index (χ1) is 8.40. The molecule has 1 N–H and O–H groups in total. The fourth-order valence-electron chi connectivity index (χ4n) is 3.53. The lowest BCUT2D eigenvalue weighted by Gasteiger charge is -2.47. The van der Waals surface area contributed by atoms with E-state index in [0.717, 1.165) is 26.2 Å². The number of hydrogen-bond acceptors (Lipinski definition) is 4. The zero-order chi connectivity index (χ0) is 13.2. The zero-order valence-corrected chi connectivity index (χ0v) is 12.4. The molecule has 0 aromatic rings. The van der Waals surface area contributed by atoms with Gasteiger partial charge in [-0.25, -0.2) is 8.42 Å². The fourth-order valence-corrected chi connectivity index (χ4v) is 4.62. The normalized spacial score (nSPS) is 27.2. The summed E-state index contributed by atoms with van der Waals surface area (Å²) in [6, 6.07) is 0.159. The molecule has 18 heavy (non-hydrogen) atoms. The van der Waals surface area contributed by atoms with E-state index in [1.54, 1.807) is 0 Å². The van der Waals surface area contributed by atoms with E-state index in [9.17, 15) is 8.42 Å². The molecule has 2 aliphatic heterocycles. The quantitative estimate of drug-likeness (QED) is 0.830. The van der Waals surface area contributed by atoms with Crippen LogP contribution in [-0.2, 0) is 9.84 Å². The molecule has 2 aliphatic rings. The monoisotopic (exact) mass is 274 g/mol. The molecule has 1 atom stereocenters. The predicted octanol–water partition coefficient (Wildman–Crippen LogP) is 0.885. The molecule has 4 nitrogen and oxygen atoms in total. The van der Waals surface area contributed by atoms with Gasteiger partial charge >= 0.3 is 0 Å². The number of hydrogen-bond donors (Lipinski definition) is 1. The van der Waals surface area contributed by atoms with E-state index in [0.29, 0.717) is 11.2 Å². The first-order valence-electron chi connectivity index (χ1n) is 7.03. The summed E-state index contributed by atoms with van der Waals surface area (Å²) in [5.41, 5.74) is 0.454. The molecule has 0 aliphatic carbocycles. The average Bonchev–Trinajstić information content (AvgIpc) is 2.28. The average molecular weight is 274 g/mol. The Balaban J connectivity index is 1.97. The Labute approximate surface area is 111 Å². The zero-order valence-electron chi connectivity index (χ0n) is 11.6. The molecule has 0 saturated carbocycles. The number of rotatable bonds is 3. The lowest BCUT2D eigenvalue weighted by molar-refractivity contribution is 0.0426. The van der Waals surface area contributed by atoms with Gasteiger partial charge in [0.05, 0.1) is 5.75 Å². The maximum Gasteiger partial charge on any atom is 0.148 e. The van der Waals surface area contributed by atoms with Crippen molar-refractivity contribution in [3.05, 3.63) is 0 Å². The minimum atomic E-state index is -2.87. The van der Waals surface area contributed by atoms with Gasteiger partial charge in [0.1, 0.15) is 9.84 Å². The highest BCUT2D eigenvalue weighted by Gasteiger charge is 2.37. The van der Waals surface area contributed by atoms with Crippen LogP contribution in [0.15, 0.2) is 0 Å². The van der Waals surface area contributed by atoms with Crippen LogP contribution >= 0.6 is 0 Å². The van der Waals surface area contributed by atoms with E-state index in [1.807, 2.05) is 0 Å². The van der Waals surface area contributed by atoms with Gasteiger partial charge in [0.25, 0.3) is 0 Å². The topological polar surface area (TPSA) is 49.4 Å². The molecule has 2 saturated heterocycles. The summed E-state index contributed by atoms with van der Waals surface area (Å²) >= 11 is 0. The van der Waals surface area contributed by atoms with E-state index in [4.69, 9.17) is 0 Å². The summed E-state index contributed by atoms with van der Waals surface area (Å²) in [6.07, 6.45) is 6.36. The molecule has 2 fully saturated rings. The van der Waals surface area contributed by atoms with E-state index in [1.165, 1.54) is 31.9 Å². The molecule has 0 aromatic heterocycles. The number of nitrogens with one attached hydrogen (secondary N) is 1. The Hall–Kier alpha value is -0.130. The molecular formula is C13H26N2O2S. The largest absolute Gasteiger partial charge is 0.317 e. The van der Waals surface area contributed by atoms with Crippen LogP contribution < -0.4 is 5.32 Å². The molecule has 0 amide bonds. The predicted molar refractivity (Wildman–Crippen MR) is 74.5 cm³/mol. The lowest BCUT2D eigenvalue weighted by atomic mass is 9.72. The van der Waals surface area contributed by atoms with E-state index in [-0.39, 0.29) is 6.04 Å². The molecule has 1 unspecified atom stereocenters. The van der Waals surface area contributed by atoms with Crippen molar-refractivity contribution in [1.82, 2.24) is 10.2 Å². The summed E-state index contributed by atoms with van der Waals surface area (Å²) in [5.74, 6) is 0.293. The smallest absolute Gasteiger partial charge is 0.148 e. The molecule has 0 aromatic carbocycles. The van der Waals surface area contributed by atoms with Gasteiger partial charge in [-0.15, -0.1) is 0 Å². The van der Waals surface area contributed by atoms with Crippen molar-refractivity contribution < 1.29 is 8.42 Å². The second-order valence-corrected chi connectivity index (χ2v) is 8.45. The number of piperidine rings is 2. The third kappa shape index (κ3) is 3.68. The van der Waals surface area contributed by atoms with Crippen molar-refractivity contribution in [1.29, 1.82) is 0 Å². The third-order valence-corrected chi connectivity index (χ3v) is 5.61. The second-order valence-electron chi connectivity index (χ2n) is 6.27. The van der Waals surface area contributed by atoms with Crippen LogP contribution in [0.3, 0.4) is 0 Å². The molecule has 1 spiro atoms. The number of sulfone groups is 1. The standard InChI is InChI=1S/C13H26N2O2S/c1-12(10-18(2,16)17)15-9-3-4-13(11-15)5-7-14-8-6-13/h12,14H,3-11H2,1-2H3. The Morgan fingerprint density at radius 1 is 1.28 bits per heavy atom. The van der Waals surface area contributed by atoms with Crippen LogP contribution in [0.4, 0.5) is 0 Å². The van der Waals surface area contributed by atoms with Crippen LogP contribution in [0.25, 0.3) is 0 Å². The van der Waals surface area contributed by atoms with Crippen molar-refractivity contribution in [2.24, 2.45) is 5.41 Å². The van der Waals surface area contributed by atoms with Gasteiger partial charge in [0, 0.05) is 18.8 Å². The van der Waals surface area contributed by atoms with Gasteiger partial charge in [-0.05, 0) is 57.7 Å². The van der Waals surface area contributed by atoms with E-state index < -0.39 is 9.84 Å². The Morgan fingerprint density at radius 2 is 1.94 bits per heavy atom. The molecule has 106 valence electrons. The van der Waals surface area contributed by atoms with Crippen molar-refractivity contribution >= 4 is 9.84 Å². The Morgan fingerprint density at radius 3 is 2.56 bits per heavy atom. The van der Waals surface area contributed by atoms with Crippen LogP contribution in [-0.4, -0.2) is 57.5 Å². The van der Waals surface area contributed by atoms with Gasteiger partial charge in [0.15, 0.2) is 0 Å². The SMILES string of the molecule is CC(CS(C)(=O)=O)N1CCCC2(CCNCC2)C1. The minimum absolute atomic E-state index is 0.159. The van der Waals surface area contributed by atoms with Crippen molar-refractivity contribution in [3.63, 3.8) is 0 Å². The first-order valence-corrected chi connectivity index (χ1v) is 9.09. The van der Waals surface area contributed by atoms with E-state index in [2.05, 4.69) is 17.1 Å². The van der Waals surface area contributed by atoms with Gasteiger partial charge in [-0.1, -0.05) is 0 Å². The van der Waals surface area contributed by atoms with Gasteiger partial charge in [0.2, 0.25) is 0 Å². The second kappa shape index (κ2) is 5.47. The van der Waals surface area contributed by atoms with Crippen LogP contribution in [0, 0.1) is 5.41 Å². The highest BCUT2D eigenvalue weighted by Crippen LogP contribution is 2.38. The molecule has 2 rings (SSSR count). The van der Waals surface area contributed by atoms with Crippen molar-refractivity contribution in [2.75, 3.05) is 38.2 Å². The molecule has 2 heterocycles. The Bertz CT molecular complexity index is 369. The molecule has 0 bridgehead atoms. The summed E-state index contributed by atoms with van der Waals surface area (Å²) in [7, 11) is -2.87. The Kier molecular flexibility index (Phi) is 4.34. The van der Waals surface area contributed by atoms with Gasteiger partial charge in [-0.2, -0.15) is 0 Å². The lowest BCUT2D eigenvalue weighted by Crippen LogP contribution is -2.52. The summed E-state index contributed by atoms with van der Waals surface area (Å²) < 4.78 is 22.8. The number of likely N-dealkylation sites (tertiary alicyclic amines) is 1. The van der Waals surface area contributed by atoms with Gasteiger partial charge < -0.3 is 5.32 Å². The van der Waals surface area contributed by atoms with E-state index >= 15 is 0 Å². The van der Waals surface area contributed by atoms with Crippen molar-refractivity contribution in [2.45, 2.75) is 38.6 Å². The summed E-state index contributed by atoms with van der Waals surface area (Å²) in [4.78, 5) is 2.40. The van der Waals surface area contributed by atoms with Crippen LogP contribution in [0.5, 0.6) is 0 Å². The first kappa shape index (κ1) is 14.3. The molecule has 0 radical (unpaired) electrons. The maximum atomic E-state index is 11.4.